The van der Waals surface area contributed by atoms with E-state index in [-0.39, 0.29) is 10.7 Å². The molecule has 2 N–H and O–H groups in total. The van der Waals surface area contributed by atoms with Crippen LogP contribution in [0.1, 0.15) is 18.1 Å². The van der Waals surface area contributed by atoms with E-state index in [1.807, 2.05) is 19.1 Å². The van der Waals surface area contributed by atoms with Crippen molar-refractivity contribution in [2.45, 2.75) is 24.8 Å². The molecule has 0 radical (unpaired) electrons. The van der Waals surface area contributed by atoms with Crippen LogP contribution in [0.25, 0.3) is 0 Å². The van der Waals surface area contributed by atoms with Crippen LogP contribution < -0.4 is 10.0 Å². The molecule has 27 heavy (non-hydrogen) atoms. The highest BCUT2D eigenvalue weighted by Gasteiger charge is 2.13. The van der Waals surface area contributed by atoms with Crippen LogP contribution in [0.5, 0.6) is 0 Å². The van der Waals surface area contributed by atoms with Crippen LogP contribution in [-0.2, 0) is 23.0 Å². The number of aryl methyl sites for hydroxylation is 1. The first kappa shape index (κ1) is 18.9. The standard InChI is InChI=1S/C21H21FN2O2S/c1-2-16-5-13-21(14-6-16)27(25,26)24-20-11-9-19(10-12-20)23-15-17-3-7-18(22)8-4-17/h3-14,23-24H,2,15H2,1H3. The third-order valence-electron chi connectivity index (χ3n) is 4.19. The molecule has 140 valence electrons. The molecule has 4 nitrogen and oxygen atoms in total. The van der Waals surface area contributed by atoms with E-state index in [2.05, 4.69) is 10.0 Å². The van der Waals surface area contributed by atoms with Crippen molar-refractivity contribution in [2.75, 3.05) is 10.0 Å². The second kappa shape index (κ2) is 8.22. The Labute approximate surface area is 159 Å². The molecule has 0 saturated carbocycles. The van der Waals surface area contributed by atoms with Crippen molar-refractivity contribution in [3.05, 3.63) is 89.7 Å². The Hall–Kier alpha value is -2.86. The van der Waals surface area contributed by atoms with Gasteiger partial charge in [0.2, 0.25) is 0 Å². The molecule has 0 aliphatic carbocycles. The molecule has 0 amide bonds. The van der Waals surface area contributed by atoms with E-state index in [4.69, 9.17) is 0 Å². The monoisotopic (exact) mass is 384 g/mol. The van der Waals surface area contributed by atoms with E-state index in [0.717, 1.165) is 23.2 Å². The predicted octanol–water partition coefficient (Wildman–Crippen LogP) is 4.80. The number of rotatable bonds is 7. The Balaban J connectivity index is 1.63. The first-order chi connectivity index (χ1) is 13.0. The smallest absolute Gasteiger partial charge is 0.261 e. The largest absolute Gasteiger partial charge is 0.381 e. The average Bonchev–Trinajstić information content (AvgIpc) is 2.68. The van der Waals surface area contributed by atoms with Crippen LogP contribution in [-0.4, -0.2) is 8.42 Å². The molecule has 0 unspecified atom stereocenters. The molecule has 0 saturated heterocycles. The second-order valence-corrected chi connectivity index (χ2v) is 7.84. The summed E-state index contributed by atoms with van der Waals surface area (Å²) >= 11 is 0. The summed E-state index contributed by atoms with van der Waals surface area (Å²) in [6, 6.07) is 20.1. The van der Waals surface area contributed by atoms with Crippen molar-refractivity contribution >= 4 is 21.4 Å². The highest BCUT2D eigenvalue weighted by molar-refractivity contribution is 7.92. The Morgan fingerprint density at radius 1 is 0.778 bits per heavy atom. The Morgan fingerprint density at radius 3 is 1.93 bits per heavy atom. The van der Waals surface area contributed by atoms with E-state index in [1.54, 1.807) is 48.5 Å². The number of halogens is 1. The van der Waals surface area contributed by atoms with Gasteiger partial charge < -0.3 is 5.32 Å². The molecule has 3 aromatic carbocycles. The van der Waals surface area contributed by atoms with Crippen LogP contribution in [0.2, 0.25) is 0 Å². The summed E-state index contributed by atoms with van der Waals surface area (Å²) in [4.78, 5) is 0.234. The van der Waals surface area contributed by atoms with Gasteiger partial charge in [-0.3, -0.25) is 4.72 Å². The minimum absolute atomic E-state index is 0.234. The second-order valence-electron chi connectivity index (χ2n) is 6.16. The van der Waals surface area contributed by atoms with Gasteiger partial charge in [0.05, 0.1) is 4.90 Å². The number of anilines is 2. The van der Waals surface area contributed by atoms with Gasteiger partial charge in [-0.2, -0.15) is 0 Å². The summed E-state index contributed by atoms with van der Waals surface area (Å²) in [5, 5.41) is 3.22. The van der Waals surface area contributed by atoms with Gasteiger partial charge in [0, 0.05) is 17.9 Å². The van der Waals surface area contributed by atoms with E-state index < -0.39 is 10.0 Å². The Bertz CT molecular complexity index is 984. The molecule has 0 aliphatic rings. The minimum atomic E-state index is -3.62. The fourth-order valence-electron chi connectivity index (χ4n) is 2.58. The third kappa shape index (κ3) is 5.08. The lowest BCUT2D eigenvalue weighted by atomic mass is 10.2. The van der Waals surface area contributed by atoms with E-state index in [0.29, 0.717) is 12.2 Å². The number of hydrogen-bond donors (Lipinski definition) is 2. The summed E-state index contributed by atoms with van der Waals surface area (Å²) in [7, 11) is -3.62. The fourth-order valence-corrected chi connectivity index (χ4v) is 3.64. The fraction of sp³-hybridized carbons (Fsp3) is 0.143. The summed E-state index contributed by atoms with van der Waals surface area (Å²) < 4.78 is 40.4. The maximum atomic E-state index is 12.9. The maximum Gasteiger partial charge on any atom is 0.261 e. The lowest BCUT2D eigenvalue weighted by Gasteiger charge is -2.10. The SMILES string of the molecule is CCc1ccc(S(=O)(=O)Nc2ccc(NCc3ccc(F)cc3)cc2)cc1. The van der Waals surface area contributed by atoms with Gasteiger partial charge in [-0.1, -0.05) is 31.2 Å². The first-order valence-corrected chi connectivity index (χ1v) is 10.1. The molecule has 0 bridgehead atoms. The van der Waals surface area contributed by atoms with E-state index in [1.165, 1.54) is 12.1 Å². The van der Waals surface area contributed by atoms with Gasteiger partial charge in [-0.05, 0) is 66.1 Å². The molecule has 0 aromatic heterocycles. The van der Waals surface area contributed by atoms with Gasteiger partial charge in [-0.15, -0.1) is 0 Å². The first-order valence-electron chi connectivity index (χ1n) is 8.66. The topological polar surface area (TPSA) is 58.2 Å². The quantitative estimate of drug-likeness (QED) is 0.615. The molecule has 0 heterocycles. The average molecular weight is 384 g/mol. The third-order valence-corrected chi connectivity index (χ3v) is 5.59. The van der Waals surface area contributed by atoms with Gasteiger partial charge in [-0.25, -0.2) is 12.8 Å². The van der Waals surface area contributed by atoms with Crippen LogP contribution in [0.3, 0.4) is 0 Å². The van der Waals surface area contributed by atoms with Crippen molar-refractivity contribution in [3.63, 3.8) is 0 Å². The summed E-state index contributed by atoms with van der Waals surface area (Å²) in [5.41, 5.74) is 3.37. The molecule has 6 heteroatoms. The minimum Gasteiger partial charge on any atom is -0.381 e. The molecule has 3 aromatic rings. The maximum absolute atomic E-state index is 12.9. The number of hydrogen-bond acceptors (Lipinski definition) is 3. The molecule has 0 spiro atoms. The summed E-state index contributed by atoms with van der Waals surface area (Å²) in [5.74, 6) is -0.264. The lowest BCUT2D eigenvalue weighted by Crippen LogP contribution is -2.13. The zero-order valence-corrected chi connectivity index (χ0v) is 15.8. The summed E-state index contributed by atoms with van der Waals surface area (Å²) in [6.07, 6.45) is 0.861. The van der Waals surface area contributed by atoms with Crippen molar-refractivity contribution < 1.29 is 12.8 Å². The van der Waals surface area contributed by atoms with Gasteiger partial charge in [0.1, 0.15) is 5.82 Å². The number of sulfonamides is 1. The van der Waals surface area contributed by atoms with Crippen LogP contribution in [0.4, 0.5) is 15.8 Å². The van der Waals surface area contributed by atoms with E-state index in [9.17, 15) is 12.8 Å². The van der Waals surface area contributed by atoms with Crippen molar-refractivity contribution in [3.8, 4) is 0 Å². The number of benzene rings is 3. The van der Waals surface area contributed by atoms with Crippen molar-refractivity contribution in [1.82, 2.24) is 0 Å². The highest BCUT2D eigenvalue weighted by Crippen LogP contribution is 2.19. The van der Waals surface area contributed by atoms with Gasteiger partial charge >= 0.3 is 0 Å². The molecular weight excluding hydrogens is 363 g/mol. The molecular formula is C21H21FN2O2S. The molecule has 0 atom stereocenters. The lowest BCUT2D eigenvalue weighted by molar-refractivity contribution is 0.601. The highest BCUT2D eigenvalue weighted by atomic mass is 32.2. The zero-order chi connectivity index (χ0) is 19.3. The van der Waals surface area contributed by atoms with Gasteiger partial charge in [0.15, 0.2) is 0 Å². The normalized spacial score (nSPS) is 11.2. The predicted molar refractivity (Wildman–Crippen MR) is 107 cm³/mol. The van der Waals surface area contributed by atoms with Crippen LogP contribution >= 0.6 is 0 Å². The van der Waals surface area contributed by atoms with Crippen molar-refractivity contribution in [1.29, 1.82) is 0 Å². The molecule has 3 rings (SSSR count). The Kier molecular flexibility index (Phi) is 5.76. The molecule has 0 aliphatic heterocycles. The molecule has 0 fully saturated rings. The summed E-state index contributed by atoms with van der Waals surface area (Å²) in [6.45, 7) is 2.57. The Morgan fingerprint density at radius 2 is 1.33 bits per heavy atom. The zero-order valence-electron chi connectivity index (χ0n) is 14.9. The van der Waals surface area contributed by atoms with Crippen LogP contribution in [0, 0.1) is 5.82 Å². The van der Waals surface area contributed by atoms with E-state index >= 15 is 0 Å². The van der Waals surface area contributed by atoms with Crippen molar-refractivity contribution in [2.24, 2.45) is 0 Å². The van der Waals surface area contributed by atoms with Crippen LogP contribution in [0.15, 0.2) is 77.7 Å². The number of nitrogens with one attached hydrogen (secondary N) is 2. The van der Waals surface area contributed by atoms with Gasteiger partial charge in [0.25, 0.3) is 10.0 Å².